The normalized spacial score (nSPS) is 26.2. The molecule has 92 valence electrons. The molecule has 1 aliphatic heterocycles. The maximum Gasteiger partial charge on any atom is 0.128 e. The average Bonchev–Trinajstić information content (AvgIpc) is 2.69. The maximum absolute atomic E-state index is 9.51. The van der Waals surface area contributed by atoms with Gasteiger partial charge in [0.05, 0.1) is 11.9 Å². The molecule has 1 aliphatic carbocycles. The fourth-order valence-electron chi connectivity index (χ4n) is 3.24. The van der Waals surface area contributed by atoms with Crippen molar-refractivity contribution in [1.82, 2.24) is 4.98 Å². The van der Waals surface area contributed by atoms with Crippen LogP contribution in [0.15, 0.2) is 18.3 Å². The van der Waals surface area contributed by atoms with E-state index in [1.165, 1.54) is 19.3 Å². The lowest BCUT2D eigenvalue weighted by Crippen LogP contribution is -2.38. The molecule has 1 atom stereocenters. The molecule has 3 rings (SSSR count). The number of aliphatic hydroxyl groups is 1. The lowest BCUT2D eigenvalue weighted by atomic mass is 9.63. The predicted octanol–water partition coefficient (Wildman–Crippen LogP) is 1.26. The van der Waals surface area contributed by atoms with Crippen molar-refractivity contribution >= 4 is 11.5 Å². The van der Waals surface area contributed by atoms with Gasteiger partial charge in [0.15, 0.2) is 0 Å². The van der Waals surface area contributed by atoms with Crippen LogP contribution in [-0.4, -0.2) is 29.8 Å². The number of aromatic nitrogens is 1. The Morgan fingerprint density at radius 2 is 2.29 bits per heavy atom. The van der Waals surface area contributed by atoms with Gasteiger partial charge < -0.3 is 15.7 Å². The van der Waals surface area contributed by atoms with Crippen LogP contribution in [0.5, 0.6) is 0 Å². The lowest BCUT2D eigenvalue weighted by molar-refractivity contribution is 0.0571. The maximum atomic E-state index is 9.51. The summed E-state index contributed by atoms with van der Waals surface area (Å²) in [6.07, 6.45) is 5.52. The number of nitrogen functional groups attached to an aromatic ring is 1. The Balaban J connectivity index is 1.80. The van der Waals surface area contributed by atoms with Crippen LogP contribution in [-0.2, 0) is 0 Å². The van der Waals surface area contributed by atoms with Crippen molar-refractivity contribution < 1.29 is 5.11 Å². The van der Waals surface area contributed by atoms with Gasteiger partial charge in [0.2, 0.25) is 0 Å². The van der Waals surface area contributed by atoms with Gasteiger partial charge in [-0.1, -0.05) is 6.42 Å². The fraction of sp³-hybridized carbons (Fsp3) is 0.615. The zero-order valence-corrected chi connectivity index (χ0v) is 9.97. The van der Waals surface area contributed by atoms with Gasteiger partial charge in [-0.15, -0.1) is 0 Å². The second-order valence-corrected chi connectivity index (χ2v) is 5.43. The molecule has 2 heterocycles. The van der Waals surface area contributed by atoms with Crippen molar-refractivity contribution in [2.75, 3.05) is 30.3 Å². The zero-order chi connectivity index (χ0) is 11.9. The van der Waals surface area contributed by atoms with Crippen LogP contribution in [0.3, 0.4) is 0 Å². The first-order chi connectivity index (χ1) is 8.23. The van der Waals surface area contributed by atoms with Crippen LogP contribution in [0.1, 0.15) is 19.3 Å². The Labute approximate surface area is 101 Å². The van der Waals surface area contributed by atoms with Crippen molar-refractivity contribution in [1.29, 1.82) is 0 Å². The summed E-state index contributed by atoms with van der Waals surface area (Å²) in [5.41, 5.74) is 6.71. The molecule has 2 aliphatic rings. The van der Waals surface area contributed by atoms with Crippen LogP contribution in [0.25, 0.3) is 0 Å². The van der Waals surface area contributed by atoms with Crippen LogP contribution >= 0.6 is 0 Å². The van der Waals surface area contributed by atoms with Crippen molar-refractivity contribution in [3.05, 3.63) is 18.3 Å². The van der Waals surface area contributed by atoms with Crippen molar-refractivity contribution in [3.63, 3.8) is 0 Å². The number of anilines is 2. The molecule has 1 spiro atoms. The van der Waals surface area contributed by atoms with Gasteiger partial charge in [-0.3, -0.25) is 0 Å². The third kappa shape index (κ3) is 1.67. The molecule has 3 N–H and O–H groups in total. The first-order valence-electron chi connectivity index (χ1n) is 6.31. The molecule has 4 heteroatoms. The summed E-state index contributed by atoms with van der Waals surface area (Å²) in [7, 11) is 0. The Bertz CT molecular complexity index is 400. The molecule has 1 aromatic heterocycles. The second-order valence-electron chi connectivity index (χ2n) is 5.43. The van der Waals surface area contributed by atoms with E-state index in [1.807, 2.05) is 12.1 Å². The SMILES string of the molecule is Nc1ccc(N2C[C@H](CO)C3(CCC3)C2)nc1. The summed E-state index contributed by atoms with van der Waals surface area (Å²) in [6.45, 7) is 2.26. The Morgan fingerprint density at radius 3 is 2.76 bits per heavy atom. The van der Waals surface area contributed by atoms with Crippen LogP contribution in [0, 0.1) is 11.3 Å². The molecule has 1 aromatic rings. The largest absolute Gasteiger partial charge is 0.397 e. The fourth-order valence-corrected chi connectivity index (χ4v) is 3.24. The van der Waals surface area contributed by atoms with Gasteiger partial charge in [-0.05, 0) is 30.4 Å². The topological polar surface area (TPSA) is 62.4 Å². The Morgan fingerprint density at radius 1 is 1.47 bits per heavy atom. The van der Waals surface area contributed by atoms with E-state index in [1.54, 1.807) is 6.20 Å². The van der Waals surface area contributed by atoms with Gasteiger partial charge in [-0.25, -0.2) is 4.98 Å². The van der Waals surface area contributed by atoms with Gasteiger partial charge in [-0.2, -0.15) is 0 Å². The van der Waals surface area contributed by atoms with Crippen molar-refractivity contribution in [2.24, 2.45) is 11.3 Å². The summed E-state index contributed by atoms with van der Waals surface area (Å²) >= 11 is 0. The zero-order valence-electron chi connectivity index (χ0n) is 9.97. The molecule has 17 heavy (non-hydrogen) atoms. The number of nitrogens with two attached hydrogens (primary N) is 1. The second kappa shape index (κ2) is 3.88. The Hall–Kier alpha value is -1.29. The highest BCUT2D eigenvalue weighted by atomic mass is 16.3. The Kier molecular flexibility index (Phi) is 2.47. The summed E-state index contributed by atoms with van der Waals surface area (Å²) in [5, 5.41) is 9.51. The van der Waals surface area contributed by atoms with Gasteiger partial charge in [0.25, 0.3) is 0 Å². The van der Waals surface area contributed by atoms with Crippen LogP contribution in [0.2, 0.25) is 0 Å². The van der Waals surface area contributed by atoms with E-state index >= 15 is 0 Å². The molecular formula is C13H19N3O. The molecule has 1 saturated heterocycles. The van der Waals surface area contributed by atoms with Gasteiger partial charge >= 0.3 is 0 Å². The highest BCUT2D eigenvalue weighted by Crippen LogP contribution is 2.51. The number of rotatable bonds is 2. The van der Waals surface area contributed by atoms with E-state index in [0.29, 0.717) is 23.6 Å². The summed E-state index contributed by atoms with van der Waals surface area (Å²) < 4.78 is 0. The quantitative estimate of drug-likeness (QED) is 0.807. The monoisotopic (exact) mass is 233 g/mol. The molecular weight excluding hydrogens is 214 g/mol. The molecule has 0 bridgehead atoms. The standard InChI is InChI=1S/C13H19N3O/c14-11-2-3-12(15-6-11)16-7-10(8-17)13(9-16)4-1-5-13/h2-3,6,10,17H,1,4-5,7-9,14H2/t10-/m1/s1. The van der Waals surface area contributed by atoms with E-state index < -0.39 is 0 Å². The number of hydrogen-bond donors (Lipinski definition) is 2. The highest BCUT2D eigenvalue weighted by molar-refractivity contribution is 5.47. The van der Waals surface area contributed by atoms with E-state index in [9.17, 15) is 5.11 Å². The molecule has 2 fully saturated rings. The molecule has 0 amide bonds. The first kappa shape index (κ1) is 10.8. The average molecular weight is 233 g/mol. The summed E-state index contributed by atoms with van der Waals surface area (Å²) in [4.78, 5) is 6.66. The molecule has 0 radical (unpaired) electrons. The molecule has 0 unspecified atom stereocenters. The molecule has 1 saturated carbocycles. The molecule has 0 aromatic carbocycles. The predicted molar refractivity (Wildman–Crippen MR) is 67.7 cm³/mol. The summed E-state index contributed by atoms with van der Waals surface area (Å²) in [6, 6.07) is 3.86. The van der Waals surface area contributed by atoms with Gasteiger partial charge in [0, 0.05) is 25.6 Å². The summed E-state index contributed by atoms with van der Waals surface area (Å²) in [5.74, 6) is 1.40. The van der Waals surface area contributed by atoms with E-state index in [4.69, 9.17) is 5.73 Å². The third-order valence-electron chi connectivity index (χ3n) is 4.48. The minimum atomic E-state index is 0.297. The van der Waals surface area contributed by atoms with Crippen molar-refractivity contribution in [2.45, 2.75) is 19.3 Å². The minimum Gasteiger partial charge on any atom is -0.397 e. The minimum absolute atomic E-state index is 0.297. The van der Waals surface area contributed by atoms with E-state index in [2.05, 4.69) is 9.88 Å². The number of aliphatic hydroxyl groups excluding tert-OH is 1. The molecule has 4 nitrogen and oxygen atoms in total. The van der Waals surface area contributed by atoms with Gasteiger partial charge in [0.1, 0.15) is 5.82 Å². The highest BCUT2D eigenvalue weighted by Gasteiger charge is 2.50. The van der Waals surface area contributed by atoms with Crippen molar-refractivity contribution in [3.8, 4) is 0 Å². The number of hydrogen-bond acceptors (Lipinski definition) is 4. The number of nitrogens with zero attached hydrogens (tertiary/aromatic N) is 2. The third-order valence-corrected chi connectivity index (χ3v) is 4.48. The van der Waals surface area contributed by atoms with Crippen LogP contribution < -0.4 is 10.6 Å². The van der Waals surface area contributed by atoms with E-state index in [0.717, 1.165) is 18.9 Å². The van der Waals surface area contributed by atoms with Crippen LogP contribution in [0.4, 0.5) is 11.5 Å². The number of pyridine rings is 1. The van der Waals surface area contributed by atoms with E-state index in [-0.39, 0.29) is 0 Å². The smallest absolute Gasteiger partial charge is 0.128 e. The lowest BCUT2D eigenvalue weighted by Gasteiger charge is -2.42. The first-order valence-corrected chi connectivity index (χ1v) is 6.31.